The molecule has 3 N–H and O–H groups in total. The Bertz CT molecular complexity index is 352. The van der Waals surface area contributed by atoms with E-state index in [1.165, 1.54) is 6.20 Å². The second-order valence-electron chi connectivity index (χ2n) is 2.42. The summed E-state index contributed by atoms with van der Waals surface area (Å²) in [5, 5.41) is 3.45. The van der Waals surface area contributed by atoms with E-state index >= 15 is 0 Å². The van der Waals surface area contributed by atoms with Crippen molar-refractivity contribution in [3.63, 3.8) is 0 Å². The van der Waals surface area contributed by atoms with E-state index in [0.717, 1.165) is 0 Å². The van der Waals surface area contributed by atoms with Gasteiger partial charge in [0.05, 0.1) is 17.1 Å². The predicted octanol–water partition coefficient (Wildman–Crippen LogP) is 0.888. The molecule has 1 rings (SSSR count). The van der Waals surface area contributed by atoms with Gasteiger partial charge in [0.1, 0.15) is 5.82 Å². The van der Waals surface area contributed by atoms with Crippen LogP contribution in [0, 0.1) is 11.8 Å². The Hall–Kier alpha value is -1.24. The third-order valence-electron chi connectivity index (χ3n) is 1.37. The topological polar surface area (TPSA) is 50.9 Å². The molecule has 0 unspecified atom stereocenters. The molecule has 4 heteroatoms. The molecule has 3 nitrogen and oxygen atoms in total. The zero-order valence-corrected chi connectivity index (χ0v) is 8.02. The molecule has 13 heavy (non-hydrogen) atoms. The van der Waals surface area contributed by atoms with Crippen molar-refractivity contribution in [3.05, 3.63) is 22.8 Å². The summed E-state index contributed by atoms with van der Waals surface area (Å²) in [6, 6.07) is 1.70. The third-order valence-corrected chi connectivity index (χ3v) is 1.58. The summed E-state index contributed by atoms with van der Waals surface area (Å²) < 4.78 is 0. The lowest BCUT2D eigenvalue weighted by Crippen LogP contribution is -2.04. The van der Waals surface area contributed by atoms with E-state index in [4.69, 9.17) is 17.3 Å². The molecule has 1 aromatic rings. The van der Waals surface area contributed by atoms with Crippen molar-refractivity contribution in [1.82, 2.24) is 10.3 Å². The Morgan fingerprint density at radius 1 is 1.69 bits per heavy atom. The van der Waals surface area contributed by atoms with Crippen LogP contribution in [0.15, 0.2) is 12.3 Å². The van der Waals surface area contributed by atoms with E-state index in [0.29, 0.717) is 22.9 Å². The van der Waals surface area contributed by atoms with Crippen LogP contribution in [0.1, 0.15) is 5.56 Å². The summed E-state index contributed by atoms with van der Waals surface area (Å²) in [6.45, 7) is 0.617. The zero-order chi connectivity index (χ0) is 9.68. The summed E-state index contributed by atoms with van der Waals surface area (Å²) in [4.78, 5) is 3.88. The molecule has 0 spiro atoms. The number of rotatable bonds is 1. The van der Waals surface area contributed by atoms with Crippen molar-refractivity contribution in [2.75, 3.05) is 19.3 Å². The summed E-state index contributed by atoms with van der Waals surface area (Å²) in [6.07, 6.45) is 1.50. The molecule has 0 bridgehead atoms. The molecule has 68 valence electrons. The molecular formula is C9H10ClN3. The van der Waals surface area contributed by atoms with Crippen molar-refractivity contribution < 1.29 is 0 Å². The highest BCUT2D eigenvalue weighted by molar-refractivity contribution is 6.30. The number of hydrogen-bond acceptors (Lipinski definition) is 3. The largest absolute Gasteiger partial charge is 0.383 e. The molecule has 0 aliphatic carbocycles. The first kappa shape index (κ1) is 9.85. The maximum atomic E-state index is 5.73. The number of nitrogen functional groups attached to an aromatic ring is 1. The summed E-state index contributed by atoms with van der Waals surface area (Å²) >= 11 is 5.73. The minimum absolute atomic E-state index is 0.410. The maximum Gasteiger partial charge on any atom is 0.139 e. The highest BCUT2D eigenvalue weighted by atomic mass is 35.5. The number of anilines is 1. The Labute approximate surface area is 82.3 Å². The highest BCUT2D eigenvalue weighted by Gasteiger charge is 1.96. The number of hydrogen-bond donors (Lipinski definition) is 2. The quantitative estimate of drug-likeness (QED) is 0.655. The maximum absolute atomic E-state index is 5.73. The van der Waals surface area contributed by atoms with Gasteiger partial charge in [-0.2, -0.15) is 0 Å². The molecule has 0 radical (unpaired) electrons. The third kappa shape index (κ3) is 2.94. The van der Waals surface area contributed by atoms with Gasteiger partial charge in [-0.3, -0.25) is 0 Å². The van der Waals surface area contributed by atoms with Crippen LogP contribution in [0.25, 0.3) is 0 Å². The Morgan fingerprint density at radius 2 is 2.46 bits per heavy atom. The molecule has 1 aromatic heterocycles. The number of nitrogens with zero attached hydrogens (tertiary/aromatic N) is 1. The van der Waals surface area contributed by atoms with Crippen molar-refractivity contribution in [2.24, 2.45) is 0 Å². The number of nitrogens with one attached hydrogen (secondary N) is 1. The fourth-order valence-electron chi connectivity index (χ4n) is 0.778. The lowest BCUT2D eigenvalue weighted by Gasteiger charge is -1.96. The molecule has 1 heterocycles. The second-order valence-corrected chi connectivity index (χ2v) is 2.85. The predicted molar refractivity (Wildman–Crippen MR) is 54.5 cm³/mol. The zero-order valence-electron chi connectivity index (χ0n) is 7.26. The SMILES string of the molecule is CNCC#Cc1cc(Cl)cnc1N. The smallest absolute Gasteiger partial charge is 0.139 e. The van der Waals surface area contributed by atoms with Gasteiger partial charge in [-0.1, -0.05) is 23.4 Å². The standard InChI is InChI=1S/C9H10ClN3/c1-12-4-2-3-7-5-8(10)6-13-9(7)11/h5-6,12H,4H2,1H3,(H2,11,13). The van der Waals surface area contributed by atoms with Gasteiger partial charge in [-0.05, 0) is 13.1 Å². The minimum Gasteiger partial charge on any atom is -0.383 e. The first-order valence-corrected chi connectivity index (χ1v) is 4.16. The van der Waals surface area contributed by atoms with Crippen LogP contribution >= 0.6 is 11.6 Å². The molecule has 0 saturated heterocycles. The first-order chi connectivity index (χ1) is 6.24. The first-order valence-electron chi connectivity index (χ1n) is 3.78. The van der Waals surface area contributed by atoms with E-state index in [9.17, 15) is 0 Å². The minimum atomic E-state index is 0.410. The molecule has 0 aliphatic heterocycles. The Balaban J connectivity index is 2.89. The van der Waals surface area contributed by atoms with E-state index in [2.05, 4.69) is 22.1 Å². The van der Waals surface area contributed by atoms with Gasteiger partial charge in [0.15, 0.2) is 0 Å². The van der Waals surface area contributed by atoms with Gasteiger partial charge in [-0.25, -0.2) is 4.98 Å². The summed E-state index contributed by atoms with van der Waals surface area (Å²) in [5.41, 5.74) is 6.25. The van der Waals surface area contributed by atoms with Gasteiger partial charge in [0.2, 0.25) is 0 Å². The van der Waals surface area contributed by atoms with E-state index < -0.39 is 0 Å². The van der Waals surface area contributed by atoms with Crippen LogP contribution in [0.5, 0.6) is 0 Å². The van der Waals surface area contributed by atoms with Gasteiger partial charge < -0.3 is 11.1 Å². The lowest BCUT2D eigenvalue weighted by molar-refractivity contribution is 0.938. The number of nitrogens with two attached hydrogens (primary N) is 1. The van der Waals surface area contributed by atoms with E-state index in [1.54, 1.807) is 6.07 Å². The van der Waals surface area contributed by atoms with Crippen LogP contribution in [0.2, 0.25) is 5.02 Å². The van der Waals surface area contributed by atoms with Crippen LogP contribution in [-0.2, 0) is 0 Å². The molecule has 0 atom stereocenters. The van der Waals surface area contributed by atoms with Crippen LogP contribution in [0.4, 0.5) is 5.82 Å². The van der Waals surface area contributed by atoms with E-state index in [-0.39, 0.29) is 0 Å². The molecule has 0 aliphatic rings. The number of aromatic nitrogens is 1. The van der Waals surface area contributed by atoms with Crippen LogP contribution < -0.4 is 11.1 Å². The summed E-state index contributed by atoms with van der Waals surface area (Å²) in [7, 11) is 1.83. The number of halogens is 1. The Morgan fingerprint density at radius 3 is 3.15 bits per heavy atom. The van der Waals surface area contributed by atoms with Crippen molar-refractivity contribution in [1.29, 1.82) is 0 Å². The van der Waals surface area contributed by atoms with Crippen molar-refractivity contribution in [2.45, 2.75) is 0 Å². The number of pyridine rings is 1. The van der Waals surface area contributed by atoms with Crippen LogP contribution in [-0.4, -0.2) is 18.6 Å². The van der Waals surface area contributed by atoms with Crippen molar-refractivity contribution in [3.8, 4) is 11.8 Å². The molecule has 0 aromatic carbocycles. The van der Waals surface area contributed by atoms with Crippen LogP contribution in [0.3, 0.4) is 0 Å². The molecule has 0 fully saturated rings. The average Bonchev–Trinajstić information content (AvgIpc) is 2.11. The lowest BCUT2D eigenvalue weighted by atomic mass is 10.2. The van der Waals surface area contributed by atoms with Gasteiger partial charge >= 0.3 is 0 Å². The fraction of sp³-hybridized carbons (Fsp3) is 0.222. The fourth-order valence-corrected chi connectivity index (χ4v) is 0.936. The molecule has 0 saturated carbocycles. The average molecular weight is 196 g/mol. The highest BCUT2D eigenvalue weighted by Crippen LogP contribution is 2.13. The van der Waals surface area contributed by atoms with Gasteiger partial charge in [-0.15, -0.1) is 0 Å². The summed E-state index contributed by atoms with van der Waals surface area (Å²) in [5.74, 6) is 6.16. The Kier molecular flexibility index (Phi) is 3.56. The van der Waals surface area contributed by atoms with Gasteiger partial charge in [0.25, 0.3) is 0 Å². The molecule has 0 amide bonds. The monoisotopic (exact) mass is 195 g/mol. The van der Waals surface area contributed by atoms with Gasteiger partial charge in [0, 0.05) is 6.20 Å². The van der Waals surface area contributed by atoms with E-state index in [1.807, 2.05) is 7.05 Å². The van der Waals surface area contributed by atoms with Crippen molar-refractivity contribution >= 4 is 17.4 Å². The normalized spacial score (nSPS) is 9.08. The molecular weight excluding hydrogens is 186 g/mol. The second kappa shape index (κ2) is 4.70.